The molecule has 8 heteroatoms. The van der Waals surface area contributed by atoms with Crippen LogP contribution in [0.3, 0.4) is 0 Å². The number of unbranched alkanes of at least 4 members (excludes halogenated alkanes) is 6. The number of aryl methyl sites for hydroxylation is 1. The molecule has 0 aliphatic carbocycles. The summed E-state index contributed by atoms with van der Waals surface area (Å²) in [6, 6.07) is 8.53. The minimum atomic E-state index is 0. The van der Waals surface area contributed by atoms with Gasteiger partial charge in [-0.05, 0) is 105 Å². The van der Waals surface area contributed by atoms with Crippen LogP contribution in [0.4, 0.5) is 0 Å². The molecule has 186 valence electrons. The van der Waals surface area contributed by atoms with Crippen molar-refractivity contribution < 1.29 is 19.5 Å². The summed E-state index contributed by atoms with van der Waals surface area (Å²) < 4.78 is 3.17. The predicted octanol–water partition coefficient (Wildman–Crippen LogP) is 9.02. The van der Waals surface area contributed by atoms with Crippen molar-refractivity contribution >= 4 is 114 Å². The molecule has 5 rings (SSSR count). The van der Waals surface area contributed by atoms with Gasteiger partial charge in [0.05, 0.1) is 26.3 Å². The smallest absolute Gasteiger partial charge is 0.657 e. The summed E-state index contributed by atoms with van der Waals surface area (Å²) in [5, 5.41) is 0. The molecule has 0 saturated carbocycles. The third-order valence-corrected chi connectivity index (χ3v) is 9.87. The van der Waals surface area contributed by atoms with Crippen molar-refractivity contribution in [3.05, 3.63) is 63.3 Å². The fraction of sp³-hybridized carbons (Fsp3) is 0.310. The molecule has 3 aromatic rings. The molecule has 0 radical (unpaired) electrons. The van der Waals surface area contributed by atoms with Crippen LogP contribution in [0.25, 0.3) is 46.4 Å². The van der Waals surface area contributed by atoms with E-state index < -0.39 is 0 Å². The minimum absolute atomic E-state index is 0. The molecule has 2 aliphatic rings. The molecular formula is C29H27I3N4Zn. The average Bonchev–Trinajstić information content (AvgIpc) is 3.69. The van der Waals surface area contributed by atoms with Crippen molar-refractivity contribution in [3.63, 3.8) is 0 Å². The van der Waals surface area contributed by atoms with E-state index in [9.17, 15) is 0 Å². The number of nitrogens with zero attached hydrogens (tertiary/aromatic N) is 4. The van der Waals surface area contributed by atoms with Crippen LogP contribution in [0, 0.1) is 10.7 Å². The normalized spacial score (nSPS) is 12.2. The van der Waals surface area contributed by atoms with Crippen LogP contribution in [-0.4, -0.2) is 9.97 Å². The van der Waals surface area contributed by atoms with Crippen molar-refractivity contribution in [2.75, 3.05) is 0 Å². The Hall–Kier alpha value is -0.587. The van der Waals surface area contributed by atoms with E-state index in [2.05, 4.69) is 123 Å². The Balaban J connectivity index is 0.00000320. The number of rotatable bonds is 8. The molecule has 8 bridgehead atoms. The summed E-state index contributed by atoms with van der Waals surface area (Å²) in [7, 11) is 0. The van der Waals surface area contributed by atoms with E-state index in [0.29, 0.717) is 0 Å². The van der Waals surface area contributed by atoms with Gasteiger partial charge >= 0.3 is 19.5 Å². The van der Waals surface area contributed by atoms with Crippen molar-refractivity contribution in [2.45, 2.75) is 58.3 Å². The van der Waals surface area contributed by atoms with E-state index in [1.54, 1.807) is 0 Å². The van der Waals surface area contributed by atoms with Gasteiger partial charge in [0, 0.05) is 7.14 Å². The second kappa shape index (κ2) is 13.7. The minimum Gasteiger partial charge on any atom is -0.657 e. The quantitative estimate of drug-likeness (QED) is 0.0888. The fourth-order valence-corrected chi connectivity index (χ4v) is 6.36. The summed E-state index contributed by atoms with van der Waals surface area (Å²) in [5.74, 6) is 0. The molecule has 0 N–H and O–H groups in total. The summed E-state index contributed by atoms with van der Waals surface area (Å²) in [6.07, 6.45) is 18.3. The van der Waals surface area contributed by atoms with E-state index in [1.165, 1.54) is 44.1 Å². The summed E-state index contributed by atoms with van der Waals surface area (Å²) in [6.45, 7) is 2.27. The second-order valence-corrected chi connectivity index (χ2v) is 12.4. The van der Waals surface area contributed by atoms with E-state index in [-0.39, 0.29) is 19.5 Å². The first-order chi connectivity index (χ1) is 17.5. The van der Waals surface area contributed by atoms with Crippen molar-refractivity contribution in [2.24, 2.45) is 0 Å². The third-order valence-electron chi connectivity index (χ3n) is 6.56. The van der Waals surface area contributed by atoms with Gasteiger partial charge in [0.25, 0.3) is 0 Å². The van der Waals surface area contributed by atoms with Crippen LogP contribution >= 0.6 is 67.8 Å². The zero-order chi connectivity index (χ0) is 25.1. The van der Waals surface area contributed by atoms with E-state index in [1.807, 2.05) is 0 Å². The molecule has 0 unspecified atom stereocenters. The molecule has 5 heterocycles. The number of fused-ring (bicyclic) bond motifs is 8. The maximum absolute atomic E-state index is 5.07. The Morgan fingerprint density at radius 3 is 1.46 bits per heavy atom. The fourth-order valence-electron chi connectivity index (χ4n) is 4.56. The molecule has 3 aromatic heterocycles. The van der Waals surface area contributed by atoms with Gasteiger partial charge < -0.3 is 9.97 Å². The maximum Gasteiger partial charge on any atom is 2.00 e. The van der Waals surface area contributed by atoms with Crippen molar-refractivity contribution in [1.82, 2.24) is 19.9 Å². The maximum atomic E-state index is 5.07. The van der Waals surface area contributed by atoms with Crippen LogP contribution in [0.2, 0.25) is 0 Å². The number of hydrogen-bond acceptors (Lipinski definition) is 2. The molecule has 2 aliphatic heterocycles. The Kier molecular flexibility index (Phi) is 10.9. The SMILES string of the molecule is CCCCCCCCCc1c2ccc([n-]2)c(I)c2nc(c(I)c3nc(c(I)c4ccc1[n-]4)C=C3)C=C2.[Zn+2]. The average molecular weight is 878 g/mol. The Bertz CT molecular complexity index is 1400. The monoisotopic (exact) mass is 876 g/mol. The first-order valence-corrected chi connectivity index (χ1v) is 15.8. The van der Waals surface area contributed by atoms with E-state index in [4.69, 9.17) is 19.9 Å². The Morgan fingerprint density at radius 1 is 0.568 bits per heavy atom. The number of aromatic nitrogens is 4. The van der Waals surface area contributed by atoms with Gasteiger partial charge in [0.2, 0.25) is 0 Å². The van der Waals surface area contributed by atoms with Crippen LogP contribution in [0.15, 0.2) is 24.3 Å². The van der Waals surface area contributed by atoms with Crippen LogP contribution in [-0.2, 0) is 25.9 Å². The topological polar surface area (TPSA) is 54.0 Å². The zero-order valence-electron chi connectivity index (χ0n) is 20.9. The first kappa shape index (κ1) is 29.4. The molecule has 0 spiro atoms. The Labute approximate surface area is 272 Å². The standard InChI is InChI=1S/C29H27I3N4.Zn/c1-2-3-4-5-6-7-8-9-18-19-10-12-21(33-19)27(30)23-14-16-25(35-23)29(32)26-17-15-24(36-26)28(31)22-13-11-20(18)34-22;/h10-17H,2-9H2,1H3;/q-2;+2. The first-order valence-electron chi connectivity index (χ1n) is 12.6. The molecule has 0 fully saturated rings. The van der Waals surface area contributed by atoms with Crippen molar-refractivity contribution in [1.29, 1.82) is 0 Å². The van der Waals surface area contributed by atoms with Gasteiger partial charge in [-0.3, -0.25) is 0 Å². The molecule has 0 amide bonds. The summed E-state index contributed by atoms with van der Waals surface area (Å²) in [5.41, 5.74) is 9.01. The van der Waals surface area contributed by atoms with Gasteiger partial charge in [-0.2, -0.15) is 0 Å². The Morgan fingerprint density at radius 2 is 0.973 bits per heavy atom. The molecule has 37 heavy (non-hydrogen) atoms. The van der Waals surface area contributed by atoms with E-state index >= 15 is 0 Å². The van der Waals surface area contributed by atoms with E-state index in [0.717, 1.165) is 68.4 Å². The van der Waals surface area contributed by atoms with Crippen LogP contribution in [0.5, 0.6) is 0 Å². The van der Waals surface area contributed by atoms with Crippen molar-refractivity contribution in [3.8, 4) is 0 Å². The molecular weight excluding hydrogens is 850 g/mol. The molecule has 0 atom stereocenters. The van der Waals surface area contributed by atoms with Crippen LogP contribution in [0.1, 0.15) is 80.2 Å². The van der Waals surface area contributed by atoms with Gasteiger partial charge in [0.1, 0.15) is 0 Å². The van der Waals surface area contributed by atoms with Gasteiger partial charge in [-0.1, -0.05) is 75.3 Å². The summed E-state index contributed by atoms with van der Waals surface area (Å²) in [4.78, 5) is 20.0. The van der Waals surface area contributed by atoms with Crippen LogP contribution < -0.4 is 9.97 Å². The molecule has 0 aromatic carbocycles. The zero-order valence-corrected chi connectivity index (χ0v) is 30.3. The number of halogens is 3. The second-order valence-electron chi connectivity index (χ2n) is 9.15. The van der Waals surface area contributed by atoms with Gasteiger partial charge in [-0.25, -0.2) is 9.97 Å². The van der Waals surface area contributed by atoms with Gasteiger partial charge in [-0.15, -0.1) is 22.1 Å². The third kappa shape index (κ3) is 6.77. The largest absolute Gasteiger partial charge is 2.00 e. The molecule has 4 nitrogen and oxygen atoms in total. The number of hydrogen-bond donors (Lipinski definition) is 0. The molecule has 0 saturated heterocycles. The predicted molar refractivity (Wildman–Crippen MR) is 177 cm³/mol. The van der Waals surface area contributed by atoms with Gasteiger partial charge in [0.15, 0.2) is 0 Å². The summed E-state index contributed by atoms with van der Waals surface area (Å²) >= 11 is 7.10.